The molecule has 0 heterocycles. The fourth-order valence-electron chi connectivity index (χ4n) is 1.35. The molecule has 1 aromatic rings. The second kappa shape index (κ2) is 5.32. The lowest BCUT2D eigenvalue weighted by atomic mass is 9.99. The number of rotatable bonds is 4. The molecule has 0 saturated carbocycles. The van der Waals surface area contributed by atoms with Crippen LogP contribution in [0.2, 0.25) is 0 Å². The van der Waals surface area contributed by atoms with Gasteiger partial charge in [0.2, 0.25) is 0 Å². The first-order valence-corrected chi connectivity index (χ1v) is 4.67. The van der Waals surface area contributed by atoms with Crippen LogP contribution in [0.4, 0.5) is 0 Å². The Labute approximate surface area is 89.0 Å². The summed E-state index contributed by atoms with van der Waals surface area (Å²) in [6.45, 7) is 3.85. The van der Waals surface area contributed by atoms with Gasteiger partial charge in [-0.25, -0.2) is 4.79 Å². The van der Waals surface area contributed by atoms with Crippen molar-refractivity contribution in [3.05, 3.63) is 42.0 Å². The summed E-state index contributed by atoms with van der Waals surface area (Å²) in [6.07, 6.45) is 0.452. The van der Waals surface area contributed by atoms with E-state index in [0.29, 0.717) is 12.0 Å². The summed E-state index contributed by atoms with van der Waals surface area (Å²) in [5, 5.41) is 8.81. The number of benzene rings is 1. The molecule has 1 rings (SSSR count). The van der Waals surface area contributed by atoms with E-state index in [9.17, 15) is 4.79 Å². The summed E-state index contributed by atoms with van der Waals surface area (Å²) in [5.74, 6) is -0.385. The third kappa shape index (κ3) is 2.67. The van der Waals surface area contributed by atoms with Crippen molar-refractivity contribution in [2.24, 2.45) is 0 Å². The predicted octanol–water partition coefficient (Wildman–Crippen LogP) is 1.87. The molecule has 0 amide bonds. The third-order valence-electron chi connectivity index (χ3n) is 2.13. The van der Waals surface area contributed by atoms with Crippen LogP contribution in [0.15, 0.2) is 30.8 Å². The van der Waals surface area contributed by atoms with Crippen molar-refractivity contribution in [2.75, 3.05) is 13.7 Å². The monoisotopic (exact) mass is 206 g/mol. The molecule has 0 fully saturated rings. The van der Waals surface area contributed by atoms with Crippen LogP contribution in [-0.4, -0.2) is 24.8 Å². The molecular weight excluding hydrogens is 192 g/mol. The van der Waals surface area contributed by atoms with Gasteiger partial charge in [-0.3, -0.25) is 0 Å². The lowest BCUT2D eigenvalue weighted by Crippen LogP contribution is -2.05. The zero-order valence-corrected chi connectivity index (χ0v) is 8.69. The van der Waals surface area contributed by atoms with Gasteiger partial charge in [-0.2, -0.15) is 0 Å². The highest BCUT2D eigenvalue weighted by atomic mass is 16.5. The van der Waals surface area contributed by atoms with Crippen LogP contribution in [0, 0.1) is 0 Å². The number of esters is 1. The molecule has 0 radical (unpaired) electrons. The Hall–Kier alpha value is -1.61. The normalized spacial score (nSPS) is 9.73. The molecule has 0 atom stereocenters. The Morgan fingerprint density at radius 1 is 1.40 bits per heavy atom. The SMILES string of the molecule is C=C(CCO)c1ccccc1C(=O)OC. The van der Waals surface area contributed by atoms with E-state index in [4.69, 9.17) is 5.11 Å². The summed E-state index contributed by atoms with van der Waals surface area (Å²) in [6, 6.07) is 7.07. The van der Waals surface area contributed by atoms with E-state index in [0.717, 1.165) is 11.1 Å². The summed E-state index contributed by atoms with van der Waals surface area (Å²) in [5.41, 5.74) is 1.95. The standard InChI is InChI=1S/C12H14O3/c1-9(7-8-13)10-5-3-4-6-11(10)12(14)15-2/h3-6,13H,1,7-8H2,2H3. The van der Waals surface area contributed by atoms with Gasteiger partial charge in [0.05, 0.1) is 12.7 Å². The van der Waals surface area contributed by atoms with Crippen molar-refractivity contribution in [2.45, 2.75) is 6.42 Å². The van der Waals surface area contributed by atoms with Crippen LogP contribution in [0.25, 0.3) is 5.57 Å². The number of hydrogen-bond donors (Lipinski definition) is 1. The Bertz CT molecular complexity index is 369. The Kier molecular flexibility index (Phi) is 4.06. The van der Waals surface area contributed by atoms with E-state index >= 15 is 0 Å². The van der Waals surface area contributed by atoms with E-state index in [1.54, 1.807) is 18.2 Å². The molecule has 0 spiro atoms. The van der Waals surface area contributed by atoms with E-state index in [2.05, 4.69) is 11.3 Å². The van der Waals surface area contributed by atoms with Crippen molar-refractivity contribution in [3.63, 3.8) is 0 Å². The van der Waals surface area contributed by atoms with Gasteiger partial charge < -0.3 is 9.84 Å². The lowest BCUT2D eigenvalue weighted by Gasteiger charge is -2.09. The zero-order valence-electron chi connectivity index (χ0n) is 8.69. The molecule has 0 aromatic heterocycles. The molecule has 15 heavy (non-hydrogen) atoms. The van der Waals surface area contributed by atoms with Crippen molar-refractivity contribution < 1.29 is 14.6 Å². The van der Waals surface area contributed by atoms with Gasteiger partial charge in [0.15, 0.2) is 0 Å². The Morgan fingerprint density at radius 3 is 2.53 bits per heavy atom. The van der Waals surface area contributed by atoms with Crippen LogP contribution >= 0.6 is 0 Å². The van der Waals surface area contributed by atoms with Gasteiger partial charge >= 0.3 is 5.97 Å². The zero-order chi connectivity index (χ0) is 11.3. The molecule has 0 saturated heterocycles. The topological polar surface area (TPSA) is 46.5 Å². The highest BCUT2D eigenvalue weighted by Gasteiger charge is 2.12. The fourth-order valence-corrected chi connectivity index (χ4v) is 1.35. The number of hydrogen-bond acceptors (Lipinski definition) is 3. The molecule has 80 valence electrons. The van der Waals surface area contributed by atoms with E-state index < -0.39 is 0 Å². The van der Waals surface area contributed by atoms with Crippen LogP contribution < -0.4 is 0 Å². The van der Waals surface area contributed by atoms with Gasteiger partial charge in [0, 0.05) is 6.61 Å². The van der Waals surface area contributed by atoms with Crippen LogP contribution in [-0.2, 0) is 4.74 Å². The minimum atomic E-state index is -0.385. The van der Waals surface area contributed by atoms with Gasteiger partial charge in [0.1, 0.15) is 0 Å². The minimum absolute atomic E-state index is 0.0222. The van der Waals surface area contributed by atoms with Gasteiger partial charge in [-0.15, -0.1) is 0 Å². The van der Waals surface area contributed by atoms with Gasteiger partial charge in [-0.1, -0.05) is 24.8 Å². The van der Waals surface area contributed by atoms with Crippen LogP contribution in [0.3, 0.4) is 0 Å². The molecule has 0 aliphatic heterocycles. The van der Waals surface area contributed by atoms with Gasteiger partial charge in [-0.05, 0) is 23.6 Å². The summed E-state index contributed by atoms with van der Waals surface area (Å²) >= 11 is 0. The first kappa shape index (κ1) is 11.5. The Morgan fingerprint density at radius 2 is 2.00 bits per heavy atom. The second-order valence-electron chi connectivity index (χ2n) is 3.11. The third-order valence-corrected chi connectivity index (χ3v) is 2.13. The lowest BCUT2D eigenvalue weighted by molar-refractivity contribution is 0.0600. The average Bonchev–Trinajstić information content (AvgIpc) is 2.28. The molecule has 0 bridgehead atoms. The number of aliphatic hydroxyl groups is 1. The smallest absolute Gasteiger partial charge is 0.338 e. The van der Waals surface area contributed by atoms with Crippen LogP contribution in [0.1, 0.15) is 22.3 Å². The molecular formula is C12H14O3. The first-order valence-electron chi connectivity index (χ1n) is 4.67. The van der Waals surface area contributed by atoms with Crippen molar-refractivity contribution >= 4 is 11.5 Å². The molecule has 3 heteroatoms. The summed E-state index contributed by atoms with van der Waals surface area (Å²) < 4.78 is 4.66. The van der Waals surface area contributed by atoms with Crippen molar-refractivity contribution in [3.8, 4) is 0 Å². The van der Waals surface area contributed by atoms with E-state index in [-0.39, 0.29) is 12.6 Å². The highest BCUT2D eigenvalue weighted by Crippen LogP contribution is 2.20. The maximum atomic E-state index is 11.4. The van der Waals surface area contributed by atoms with E-state index in [1.165, 1.54) is 7.11 Å². The van der Waals surface area contributed by atoms with Crippen molar-refractivity contribution in [1.29, 1.82) is 0 Å². The summed E-state index contributed by atoms with van der Waals surface area (Å²) in [7, 11) is 1.34. The second-order valence-corrected chi connectivity index (χ2v) is 3.11. The number of ether oxygens (including phenoxy) is 1. The molecule has 1 aromatic carbocycles. The van der Waals surface area contributed by atoms with E-state index in [1.807, 2.05) is 6.07 Å². The van der Waals surface area contributed by atoms with Crippen molar-refractivity contribution in [1.82, 2.24) is 0 Å². The Balaban J connectivity index is 3.06. The molecule has 0 aliphatic rings. The molecule has 1 N–H and O–H groups in total. The average molecular weight is 206 g/mol. The first-order chi connectivity index (χ1) is 7.20. The number of carbonyl (C=O) groups is 1. The number of methoxy groups -OCH3 is 1. The largest absolute Gasteiger partial charge is 0.465 e. The maximum absolute atomic E-state index is 11.4. The maximum Gasteiger partial charge on any atom is 0.338 e. The van der Waals surface area contributed by atoms with Crippen LogP contribution in [0.5, 0.6) is 0 Å². The fraction of sp³-hybridized carbons (Fsp3) is 0.250. The molecule has 3 nitrogen and oxygen atoms in total. The summed E-state index contributed by atoms with van der Waals surface area (Å²) in [4.78, 5) is 11.4. The number of aliphatic hydroxyl groups excluding tert-OH is 1. The molecule has 0 unspecified atom stereocenters. The highest BCUT2D eigenvalue weighted by molar-refractivity contribution is 5.95. The number of carbonyl (C=O) groups excluding carboxylic acids is 1. The predicted molar refractivity (Wildman–Crippen MR) is 58.5 cm³/mol. The molecule has 0 aliphatic carbocycles. The van der Waals surface area contributed by atoms with Gasteiger partial charge in [0.25, 0.3) is 0 Å². The quantitative estimate of drug-likeness (QED) is 0.765. The minimum Gasteiger partial charge on any atom is -0.465 e.